The van der Waals surface area contributed by atoms with Crippen LogP contribution in [0.1, 0.15) is 23.2 Å². The highest BCUT2D eigenvalue weighted by Gasteiger charge is 2.33. The van der Waals surface area contributed by atoms with Crippen LogP contribution in [0.5, 0.6) is 0 Å². The Morgan fingerprint density at radius 3 is 2.68 bits per heavy atom. The van der Waals surface area contributed by atoms with Gasteiger partial charge in [-0.1, -0.05) is 6.08 Å². The number of rotatable bonds is 5. The van der Waals surface area contributed by atoms with E-state index >= 15 is 0 Å². The molecule has 0 bridgehead atoms. The normalized spacial score (nSPS) is 14.0. The van der Waals surface area contributed by atoms with Gasteiger partial charge in [0.15, 0.2) is 0 Å². The number of carbonyl (C=O) groups is 1. The lowest BCUT2D eigenvalue weighted by molar-refractivity contribution is 0.0763. The first-order chi connectivity index (χ1) is 9.04. The van der Waals surface area contributed by atoms with Crippen molar-refractivity contribution < 1.29 is 4.79 Å². The second-order valence-electron chi connectivity index (χ2n) is 5.15. The number of benzene rings is 1. The van der Waals surface area contributed by atoms with Gasteiger partial charge in [-0.15, -0.1) is 6.58 Å². The molecule has 2 N–H and O–H groups in total. The molecular formula is C15H21N3O. The van der Waals surface area contributed by atoms with Crippen LogP contribution in [0.2, 0.25) is 0 Å². The zero-order valence-electron chi connectivity index (χ0n) is 11.6. The first-order valence-corrected chi connectivity index (χ1v) is 6.53. The van der Waals surface area contributed by atoms with Gasteiger partial charge < -0.3 is 15.5 Å². The molecule has 1 aliphatic carbocycles. The molecule has 0 aliphatic heterocycles. The van der Waals surface area contributed by atoms with Crippen LogP contribution >= 0.6 is 0 Å². The highest BCUT2D eigenvalue weighted by atomic mass is 16.2. The van der Waals surface area contributed by atoms with Crippen molar-refractivity contribution in [2.24, 2.45) is 0 Å². The third-order valence-electron chi connectivity index (χ3n) is 3.31. The molecule has 1 saturated carbocycles. The van der Waals surface area contributed by atoms with Crippen LogP contribution in [0, 0.1) is 0 Å². The number of nitrogens with two attached hydrogens (primary N) is 1. The maximum absolute atomic E-state index is 12.7. The van der Waals surface area contributed by atoms with E-state index in [1.165, 1.54) is 0 Å². The van der Waals surface area contributed by atoms with Crippen molar-refractivity contribution in [2.75, 3.05) is 31.3 Å². The largest absolute Gasteiger partial charge is 0.399 e. The van der Waals surface area contributed by atoms with Crippen LogP contribution in [-0.2, 0) is 0 Å². The molecule has 0 heterocycles. The van der Waals surface area contributed by atoms with E-state index in [0.29, 0.717) is 23.8 Å². The first-order valence-electron chi connectivity index (χ1n) is 6.53. The molecule has 1 amide bonds. The minimum absolute atomic E-state index is 0.0402. The number of nitrogens with zero attached hydrogens (tertiary/aromatic N) is 2. The van der Waals surface area contributed by atoms with Crippen LogP contribution in [0.25, 0.3) is 0 Å². The molecule has 0 saturated heterocycles. The molecule has 4 nitrogen and oxygen atoms in total. The molecule has 0 spiro atoms. The van der Waals surface area contributed by atoms with E-state index in [9.17, 15) is 4.79 Å². The third-order valence-corrected chi connectivity index (χ3v) is 3.31. The Bertz CT molecular complexity index is 492. The van der Waals surface area contributed by atoms with E-state index in [1.807, 2.05) is 36.0 Å². The molecule has 0 aromatic heterocycles. The zero-order valence-corrected chi connectivity index (χ0v) is 11.6. The number of hydrogen-bond donors (Lipinski definition) is 1. The van der Waals surface area contributed by atoms with E-state index in [4.69, 9.17) is 5.73 Å². The second-order valence-corrected chi connectivity index (χ2v) is 5.15. The van der Waals surface area contributed by atoms with E-state index < -0.39 is 0 Å². The van der Waals surface area contributed by atoms with Gasteiger partial charge >= 0.3 is 0 Å². The number of carbonyl (C=O) groups excluding carboxylic acids is 1. The van der Waals surface area contributed by atoms with Gasteiger partial charge in [-0.3, -0.25) is 4.79 Å². The molecule has 4 heteroatoms. The van der Waals surface area contributed by atoms with E-state index in [0.717, 1.165) is 18.5 Å². The molecule has 2 rings (SSSR count). The average molecular weight is 259 g/mol. The maximum atomic E-state index is 12.7. The topological polar surface area (TPSA) is 49.6 Å². The average Bonchev–Trinajstić information content (AvgIpc) is 3.19. The van der Waals surface area contributed by atoms with Gasteiger partial charge in [0.1, 0.15) is 0 Å². The fourth-order valence-electron chi connectivity index (χ4n) is 2.19. The van der Waals surface area contributed by atoms with Gasteiger partial charge in [0, 0.05) is 38.1 Å². The predicted octanol–water partition coefficient (Wildman–Crippen LogP) is 2.13. The summed E-state index contributed by atoms with van der Waals surface area (Å²) in [5.74, 6) is 0.0402. The van der Waals surface area contributed by atoms with E-state index in [-0.39, 0.29) is 5.91 Å². The van der Waals surface area contributed by atoms with E-state index in [1.54, 1.807) is 12.1 Å². The minimum Gasteiger partial charge on any atom is -0.399 e. The number of amides is 1. The molecule has 1 aromatic carbocycles. The summed E-state index contributed by atoms with van der Waals surface area (Å²) in [7, 11) is 3.86. The molecule has 0 unspecified atom stereocenters. The van der Waals surface area contributed by atoms with Crippen molar-refractivity contribution in [1.29, 1.82) is 0 Å². The first kappa shape index (κ1) is 13.5. The van der Waals surface area contributed by atoms with Gasteiger partial charge in [-0.25, -0.2) is 0 Å². The Balaban J connectivity index is 2.35. The Hall–Kier alpha value is -1.97. The van der Waals surface area contributed by atoms with Gasteiger partial charge in [0.25, 0.3) is 5.91 Å². The fraction of sp³-hybridized carbons (Fsp3) is 0.400. The van der Waals surface area contributed by atoms with Gasteiger partial charge in [0.05, 0.1) is 5.56 Å². The lowest BCUT2D eigenvalue weighted by atomic mass is 10.1. The van der Waals surface area contributed by atoms with Gasteiger partial charge in [0.2, 0.25) is 0 Å². The summed E-state index contributed by atoms with van der Waals surface area (Å²) < 4.78 is 0. The van der Waals surface area contributed by atoms with Crippen LogP contribution in [0.4, 0.5) is 11.4 Å². The zero-order chi connectivity index (χ0) is 14.0. The van der Waals surface area contributed by atoms with Crippen molar-refractivity contribution in [3.8, 4) is 0 Å². The third kappa shape index (κ3) is 2.89. The van der Waals surface area contributed by atoms with Crippen molar-refractivity contribution in [3.63, 3.8) is 0 Å². The smallest absolute Gasteiger partial charge is 0.256 e. The van der Waals surface area contributed by atoms with Crippen LogP contribution in [0.3, 0.4) is 0 Å². The fourth-order valence-corrected chi connectivity index (χ4v) is 2.19. The van der Waals surface area contributed by atoms with Crippen LogP contribution in [-0.4, -0.2) is 37.5 Å². The summed E-state index contributed by atoms with van der Waals surface area (Å²) in [5.41, 5.74) is 8.00. The predicted molar refractivity (Wildman–Crippen MR) is 79.4 cm³/mol. The molecule has 102 valence electrons. The van der Waals surface area contributed by atoms with Gasteiger partial charge in [-0.2, -0.15) is 0 Å². The molecule has 0 radical (unpaired) electrons. The highest BCUT2D eigenvalue weighted by Crippen LogP contribution is 2.30. The molecule has 1 aliphatic rings. The SMILES string of the molecule is C=CCN(C(=O)c1cc(N)ccc1N(C)C)C1CC1. The summed E-state index contributed by atoms with van der Waals surface area (Å²) in [6.45, 7) is 4.32. The van der Waals surface area contributed by atoms with Crippen molar-refractivity contribution in [2.45, 2.75) is 18.9 Å². The standard InChI is InChI=1S/C15H21N3O/c1-4-9-18(12-6-7-12)15(19)13-10-11(16)5-8-14(13)17(2)3/h4-5,8,10,12H,1,6-7,9,16H2,2-3H3. The summed E-state index contributed by atoms with van der Waals surface area (Å²) >= 11 is 0. The van der Waals surface area contributed by atoms with Crippen LogP contribution < -0.4 is 10.6 Å². The second kappa shape index (κ2) is 5.34. The summed E-state index contributed by atoms with van der Waals surface area (Å²) in [4.78, 5) is 16.5. The van der Waals surface area contributed by atoms with Crippen molar-refractivity contribution in [1.82, 2.24) is 4.90 Å². The monoisotopic (exact) mass is 259 g/mol. The lowest BCUT2D eigenvalue weighted by Crippen LogP contribution is -2.34. The minimum atomic E-state index is 0.0402. The number of anilines is 2. The number of hydrogen-bond acceptors (Lipinski definition) is 3. The van der Waals surface area contributed by atoms with Crippen LogP contribution in [0.15, 0.2) is 30.9 Å². The highest BCUT2D eigenvalue weighted by molar-refractivity contribution is 6.01. The van der Waals surface area contributed by atoms with Gasteiger partial charge in [-0.05, 0) is 31.0 Å². The quantitative estimate of drug-likeness (QED) is 0.651. The lowest BCUT2D eigenvalue weighted by Gasteiger charge is -2.24. The Morgan fingerprint density at radius 1 is 1.47 bits per heavy atom. The number of nitrogen functional groups attached to an aromatic ring is 1. The molecular weight excluding hydrogens is 238 g/mol. The Morgan fingerprint density at radius 2 is 2.16 bits per heavy atom. The summed E-state index contributed by atoms with van der Waals surface area (Å²) in [6, 6.07) is 5.83. The molecule has 1 fully saturated rings. The Kier molecular flexibility index (Phi) is 3.79. The summed E-state index contributed by atoms with van der Waals surface area (Å²) in [6.07, 6.45) is 3.94. The Labute approximate surface area is 114 Å². The van der Waals surface area contributed by atoms with Crippen molar-refractivity contribution >= 4 is 17.3 Å². The maximum Gasteiger partial charge on any atom is 0.256 e. The van der Waals surface area contributed by atoms with E-state index in [2.05, 4.69) is 6.58 Å². The summed E-state index contributed by atoms with van der Waals surface area (Å²) in [5, 5.41) is 0. The molecule has 1 aromatic rings. The molecule has 0 atom stereocenters. The molecule has 19 heavy (non-hydrogen) atoms. The van der Waals surface area contributed by atoms with Crippen molar-refractivity contribution in [3.05, 3.63) is 36.4 Å².